The molecule has 0 bridgehead atoms. The molecule has 1 aliphatic rings. The summed E-state index contributed by atoms with van der Waals surface area (Å²) in [6.45, 7) is 7.00. The van der Waals surface area contributed by atoms with E-state index in [1.807, 2.05) is 0 Å². The Morgan fingerprint density at radius 2 is 1.91 bits per heavy atom. The maximum absolute atomic E-state index is 5.68. The lowest BCUT2D eigenvalue weighted by molar-refractivity contribution is 0.120. The molecule has 2 unspecified atom stereocenters. The van der Waals surface area contributed by atoms with Crippen LogP contribution in [0.15, 0.2) is 0 Å². The molecule has 0 aliphatic carbocycles. The summed E-state index contributed by atoms with van der Waals surface area (Å²) in [7, 11) is 0. The van der Waals surface area contributed by atoms with E-state index in [1.54, 1.807) is 0 Å². The number of nitrogens with two attached hydrogens (primary N) is 1. The van der Waals surface area contributed by atoms with Crippen LogP contribution < -0.4 is 5.73 Å². The Balaban J connectivity index is 2.05. The highest BCUT2D eigenvalue weighted by Crippen LogP contribution is 2.14. The van der Waals surface area contributed by atoms with Crippen LogP contribution in [-0.2, 0) is 0 Å². The van der Waals surface area contributed by atoms with E-state index in [4.69, 9.17) is 5.73 Å². The summed E-state index contributed by atoms with van der Waals surface area (Å²) in [5.41, 5.74) is 5.68. The second-order valence-corrected chi connectivity index (χ2v) is 3.79. The minimum atomic E-state index is 0.374. The smallest absolute Gasteiger partial charge is 0.00675 e. The highest BCUT2D eigenvalue weighted by molar-refractivity contribution is 4.75. The fourth-order valence-electron chi connectivity index (χ4n) is 1.47. The van der Waals surface area contributed by atoms with Crippen LogP contribution >= 0.6 is 0 Å². The van der Waals surface area contributed by atoms with Gasteiger partial charge in [0.2, 0.25) is 0 Å². The van der Waals surface area contributed by atoms with E-state index >= 15 is 0 Å². The lowest BCUT2D eigenvalue weighted by Gasteiger charge is -2.36. The maximum atomic E-state index is 5.68. The normalized spacial score (nSPS) is 24.3. The first-order valence-electron chi connectivity index (χ1n) is 4.70. The van der Waals surface area contributed by atoms with Crippen molar-refractivity contribution in [2.45, 2.75) is 45.2 Å². The van der Waals surface area contributed by atoms with Crippen LogP contribution in [0.25, 0.3) is 0 Å². The van der Waals surface area contributed by atoms with Gasteiger partial charge in [0.1, 0.15) is 0 Å². The van der Waals surface area contributed by atoms with Crippen LogP contribution in [0.2, 0.25) is 0 Å². The molecule has 2 nitrogen and oxygen atoms in total. The van der Waals surface area contributed by atoms with Gasteiger partial charge >= 0.3 is 0 Å². The van der Waals surface area contributed by atoms with Crippen molar-refractivity contribution in [2.75, 3.05) is 13.1 Å². The third-order valence-corrected chi connectivity index (χ3v) is 2.55. The number of nitrogens with zero attached hydrogens (tertiary/aromatic N) is 1. The van der Waals surface area contributed by atoms with Gasteiger partial charge in [-0.2, -0.15) is 0 Å². The monoisotopic (exact) mass is 156 g/mol. The van der Waals surface area contributed by atoms with Crippen LogP contribution in [0.3, 0.4) is 0 Å². The lowest BCUT2D eigenvalue weighted by atomic mass is 10.0. The van der Waals surface area contributed by atoms with Gasteiger partial charge in [0.25, 0.3) is 0 Å². The van der Waals surface area contributed by atoms with Gasteiger partial charge in [0, 0.05) is 12.1 Å². The minimum Gasteiger partial charge on any atom is -0.328 e. The first-order chi connectivity index (χ1) is 5.20. The first-order valence-corrected chi connectivity index (χ1v) is 4.70. The zero-order chi connectivity index (χ0) is 8.27. The van der Waals surface area contributed by atoms with E-state index in [1.165, 1.54) is 25.9 Å². The Hall–Kier alpha value is -0.0800. The number of rotatable bonds is 4. The molecule has 11 heavy (non-hydrogen) atoms. The molecule has 2 heteroatoms. The molecule has 1 aliphatic heterocycles. The van der Waals surface area contributed by atoms with E-state index < -0.39 is 0 Å². The summed E-state index contributed by atoms with van der Waals surface area (Å²) in [6.07, 6.45) is 3.82. The molecule has 0 aromatic rings. The molecule has 2 atom stereocenters. The molecular formula is C9H20N2. The summed E-state index contributed by atoms with van der Waals surface area (Å²) < 4.78 is 0. The van der Waals surface area contributed by atoms with Gasteiger partial charge in [0.05, 0.1) is 0 Å². The summed E-state index contributed by atoms with van der Waals surface area (Å²) in [5.74, 6) is 0. The van der Waals surface area contributed by atoms with E-state index in [0.29, 0.717) is 6.04 Å². The second-order valence-electron chi connectivity index (χ2n) is 3.79. The van der Waals surface area contributed by atoms with Crippen molar-refractivity contribution in [2.24, 2.45) is 5.73 Å². The fourth-order valence-corrected chi connectivity index (χ4v) is 1.47. The van der Waals surface area contributed by atoms with Gasteiger partial charge < -0.3 is 10.6 Å². The molecule has 1 saturated heterocycles. The van der Waals surface area contributed by atoms with Crippen molar-refractivity contribution in [3.63, 3.8) is 0 Å². The zero-order valence-electron chi connectivity index (χ0n) is 7.71. The molecular weight excluding hydrogens is 136 g/mol. The predicted molar refractivity (Wildman–Crippen MR) is 48.5 cm³/mol. The molecule has 1 fully saturated rings. The van der Waals surface area contributed by atoms with Crippen molar-refractivity contribution in [1.29, 1.82) is 0 Å². The van der Waals surface area contributed by atoms with Gasteiger partial charge in [-0.3, -0.25) is 0 Å². The molecule has 0 saturated carbocycles. The predicted octanol–water partition coefficient (Wildman–Crippen LogP) is 1.21. The zero-order valence-corrected chi connectivity index (χ0v) is 7.71. The Labute approximate surface area is 69.8 Å². The van der Waals surface area contributed by atoms with Crippen LogP contribution in [0.1, 0.15) is 33.1 Å². The van der Waals surface area contributed by atoms with E-state index in [0.717, 1.165) is 12.5 Å². The number of hydrogen-bond acceptors (Lipinski definition) is 2. The Morgan fingerprint density at radius 3 is 2.27 bits per heavy atom. The molecule has 0 amide bonds. The number of likely N-dealkylation sites (tertiary alicyclic amines) is 1. The van der Waals surface area contributed by atoms with Crippen molar-refractivity contribution in [3.8, 4) is 0 Å². The van der Waals surface area contributed by atoms with Gasteiger partial charge in [0.15, 0.2) is 0 Å². The quantitative estimate of drug-likeness (QED) is 0.663. The molecule has 2 N–H and O–H groups in total. The molecule has 0 aromatic heterocycles. The largest absolute Gasteiger partial charge is 0.328 e. The van der Waals surface area contributed by atoms with Crippen molar-refractivity contribution >= 4 is 0 Å². The molecule has 1 heterocycles. The van der Waals surface area contributed by atoms with Crippen LogP contribution in [0.4, 0.5) is 0 Å². The van der Waals surface area contributed by atoms with Crippen LogP contribution in [0, 0.1) is 0 Å². The summed E-state index contributed by atoms with van der Waals surface area (Å²) in [6, 6.07) is 1.13. The molecule has 66 valence electrons. The maximum Gasteiger partial charge on any atom is 0.00675 e. The highest BCUT2D eigenvalue weighted by Gasteiger charge is 2.19. The molecule has 0 aromatic carbocycles. The van der Waals surface area contributed by atoms with Crippen LogP contribution in [-0.4, -0.2) is 30.1 Å². The lowest BCUT2D eigenvalue weighted by Crippen LogP contribution is -2.43. The van der Waals surface area contributed by atoms with Crippen molar-refractivity contribution in [1.82, 2.24) is 4.90 Å². The van der Waals surface area contributed by atoms with E-state index in [9.17, 15) is 0 Å². The average Bonchev–Trinajstić information content (AvgIpc) is 1.79. The van der Waals surface area contributed by atoms with E-state index in [-0.39, 0.29) is 0 Å². The van der Waals surface area contributed by atoms with Crippen molar-refractivity contribution in [3.05, 3.63) is 0 Å². The topological polar surface area (TPSA) is 29.3 Å². The fraction of sp³-hybridized carbons (Fsp3) is 1.00. The standard InChI is InChI=1S/C9H20N2/c1-8(10)4-5-9(2)11-6-3-7-11/h8-9H,3-7,10H2,1-2H3. The average molecular weight is 156 g/mol. The van der Waals surface area contributed by atoms with E-state index in [2.05, 4.69) is 18.7 Å². The van der Waals surface area contributed by atoms with Gasteiger partial charge in [-0.25, -0.2) is 0 Å². The molecule has 0 spiro atoms. The van der Waals surface area contributed by atoms with Gasteiger partial charge in [-0.15, -0.1) is 0 Å². The van der Waals surface area contributed by atoms with Gasteiger partial charge in [-0.1, -0.05) is 0 Å². The van der Waals surface area contributed by atoms with Gasteiger partial charge in [-0.05, 0) is 46.2 Å². The summed E-state index contributed by atoms with van der Waals surface area (Å²) in [4.78, 5) is 2.53. The first kappa shape index (κ1) is 9.01. The minimum absolute atomic E-state index is 0.374. The second kappa shape index (κ2) is 4.07. The third kappa shape index (κ3) is 2.80. The number of hydrogen-bond donors (Lipinski definition) is 1. The summed E-state index contributed by atoms with van der Waals surface area (Å²) in [5, 5.41) is 0. The molecule has 0 radical (unpaired) electrons. The van der Waals surface area contributed by atoms with Crippen LogP contribution in [0.5, 0.6) is 0 Å². The molecule has 1 rings (SSSR count). The Morgan fingerprint density at radius 1 is 1.27 bits per heavy atom. The third-order valence-electron chi connectivity index (χ3n) is 2.55. The Kier molecular flexibility index (Phi) is 3.34. The highest BCUT2D eigenvalue weighted by atomic mass is 15.2. The SMILES string of the molecule is CC(N)CCC(C)N1CCC1. The van der Waals surface area contributed by atoms with Crippen molar-refractivity contribution < 1.29 is 0 Å². The summed E-state index contributed by atoms with van der Waals surface area (Å²) >= 11 is 0. The Bertz CT molecular complexity index is 108.